The lowest BCUT2D eigenvalue weighted by Gasteiger charge is -2.11. The number of ether oxygens (including phenoxy) is 1. The highest BCUT2D eigenvalue weighted by Gasteiger charge is 2.30. The van der Waals surface area contributed by atoms with Gasteiger partial charge in [-0.1, -0.05) is 0 Å². The van der Waals surface area contributed by atoms with Gasteiger partial charge in [0.25, 0.3) is 0 Å². The number of nitrogens with zero attached hydrogens (tertiary/aromatic N) is 1. The second-order valence-corrected chi connectivity index (χ2v) is 4.67. The van der Waals surface area contributed by atoms with Crippen LogP contribution in [-0.2, 0) is 11.0 Å². The SMILES string of the molecule is Cl.O=C(NCCOc1ccc(C(F)(F)F)cn1)C1CCCN1. The zero-order valence-electron chi connectivity index (χ0n) is 11.7. The van der Waals surface area contributed by atoms with Crippen molar-refractivity contribution in [3.63, 3.8) is 0 Å². The zero-order valence-corrected chi connectivity index (χ0v) is 12.5. The van der Waals surface area contributed by atoms with Gasteiger partial charge in [-0.3, -0.25) is 4.79 Å². The lowest BCUT2D eigenvalue weighted by atomic mass is 10.2. The molecule has 1 saturated heterocycles. The van der Waals surface area contributed by atoms with Gasteiger partial charge in [0.2, 0.25) is 11.8 Å². The van der Waals surface area contributed by atoms with E-state index in [-0.39, 0.29) is 43.4 Å². The summed E-state index contributed by atoms with van der Waals surface area (Å²) in [5, 5.41) is 5.76. The van der Waals surface area contributed by atoms with Crippen LogP contribution >= 0.6 is 12.4 Å². The molecule has 0 aliphatic carbocycles. The summed E-state index contributed by atoms with van der Waals surface area (Å²) < 4.78 is 42.2. The van der Waals surface area contributed by atoms with Crippen LogP contribution in [0.5, 0.6) is 5.88 Å². The maximum absolute atomic E-state index is 12.3. The fraction of sp³-hybridized carbons (Fsp3) is 0.538. The molecule has 0 aromatic carbocycles. The van der Waals surface area contributed by atoms with Crippen molar-refractivity contribution in [1.29, 1.82) is 0 Å². The summed E-state index contributed by atoms with van der Waals surface area (Å²) in [6, 6.07) is 1.90. The number of hydrogen-bond acceptors (Lipinski definition) is 4. The summed E-state index contributed by atoms with van der Waals surface area (Å²) in [5.41, 5.74) is -0.824. The van der Waals surface area contributed by atoms with E-state index in [2.05, 4.69) is 15.6 Å². The fourth-order valence-electron chi connectivity index (χ4n) is 1.99. The number of alkyl halides is 3. The van der Waals surface area contributed by atoms with Gasteiger partial charge in [0.15, 0.2) is 0 Å². The minimum absolute atomic E-state index is 0. The molecule has 2 N–H and O–H groups in total. The first kappa shape index (κ1) is 18.5. The number of rotatable bonds is 5. The van der Waals surface area contributed by atoms with E-state index in [1.54, 1.807) is 0 Å². The average molecular weight is 340 g/mol. The number of pyridine rings is 1. The molecule has 124 valence electrons. The Morgan fingerprint density at radius 1 is 1.45 bits per heavy atom. The van der Waals surface area contributed by atoms with Gasteiger partial charge in [0, 0.05) is 12.3 Å². The van der Waals surface area contributed by atoms with Gasteiger partial charge >= 0.3 is 6.18 Å². The van der Waals surface area contributed by atoms with Gasteiger partial charge in [0.05, 0.1) is 18.2 Å². The van der Waals surface area contributed by atoms with Gasteiger partial charge in [0.1, 0.15) is 6.61 Å². The molecule has 5 nitrogen and oxygen atoms in total. The molecular formula is C13H17ClF3N3O2. The van der Waals surface area contributed by atoms with E-state index in [4.69, 9.17) is 4.74 Å². The maximum Gasteiger partial charge on any atom is 0.417 e. The normalized spacial score (nSPS) is 17.7. The summed E-state index contributed by atoms with van der Waals surface area (Å²) in [6.07, 6.45) is -1.90. The molecule has 22 heavy (non-hydrogen) atoms. The Bertz CT molecular complexity index is 476. The molecule has 0 spiro atoms. The Morgan fingerprint density at radius 3 is 2.77 bits per heavy atom. The van der Waals surface area contributed by atoms with Crippen molar-refractivity contribution in [3.05, 3.63) is 23.9 Å². The number of aromatic nitrogens is 1. The molecular weight excluding hydrogens is 323 g/mol. The van der Waals surface area contributed by atoms with E-state index in [0.717, 1.165) is 37.7 Å². The summed E-state index contributed by atoms with van der Waals surface area (Å²) in [6.45, 7) is 1.26. The lowest BCUT2D eigenvalue weighted by Crippen LogP contribution is -2.41. The first-order chi connectivity index (χ1) is 9.97. The monoisotopic (exact) mass is 339 g/mol. The average Bonchev–Trinajstić information content (AvgIpc) is 2.97. The first-order valence-electron chi connectivity index (χ1n) is 6.64. The van der Waals surface area contributed by atoms with Crippen LogP contribution in [0.4, 0.5) is 13.2 Å². The van der Waals surface area contributed by atoms with Crippen LogP contribution in [0.15, 0.2) is 18.3 Å². The molecule has 1 atom stereocenters. The fourth-order valence-corrected chi connectivity index (χ4v) is 1.99. The molecule has 0 saturated carbocycles. The molecule has 1 unspecified atom stereocenters. The Kier molecular flexibility index (Phi) is 6.89. The summed E-state index contributed by atoms with van der Waals surface area (Å²) in [7, 11) is 0. The maximum atomic E-state index is 12.3. The van der Waals surface area contributed by atoms with Gasteiger partial charge in [-0.2, -0.15) is 13.2 Å². The Balaban J connectivity index is 0.00000242. The van der Waals surface area contributed by atoms with Crippen LogP contribution in [0, 0.1) is 0 Å². The van der Waals surface area contributed by atoms with E-state index < -0.39 is 11.7 Å². The third-order valence-electron chi connectivity index (χ3n) is 3.09. The quantitative estimate of drug-likeness (QED) is 0.803. The summed E-state index contributed by atoms with van der Waals surface area (Å²) in [5.74, 6) is 0.00715. The molecule has 0 radical (unpaired) electrons. The number of amides is 1. The second kappa shape index (κ2) is 8.19. The number of nitrogens with one attached hydrogen (secondary N) is 2. The Morgan fingerprint density at radius 2 is 2.23 bits per heavy atom. The molecule has 2 rings (SSSR count). The molecule has 2 heterocycles. The number of carbonyl (C=O) groups is 1. The van der Waals surface area contributed by atoms with Crippen LogP contribution in [0.2, 0.25) is 0 Å². The van der Waals surface area contributed by atoms with Crippen molar-refractivity contribution in [2.45, 2.75) is 25.1 Å². The third-order valence-corrected chi connectivity index (χ3v) is 3.09. The predicted octanol–water partition coefficient (Wildman–Crippen LogP) is 1.77. The van der Waals surface area contributed by atoms with E-state index in [0.29, 0.717) is 0 Å². The van der Waals surface area contributed by atoms with Crippen molar-refractivity contribution in [3.8, 4) is 5.88 Å². The van der Waals surface area contributed by atoms with Crippen molar-refractivity contribution >= 4 is 18.3 Å². The minimum Gasteiger partial charge on any atom is -0.476 e. The molecule has 1 aliphatic rings. The number of hydrogen-bond donors (Lipinski definition) is 2. The largest absolute Gasteiger partial charge is 0.476 e. The van der Waals surface area contributed by atoms with Crippen LogP contribution in [0.3, 0.4) is 0 Å². The molecule has 1 amide bonds. The highest BCUT2D eigenvalue weighted by atomic mass is 35.5. The summed E-state index contributed by atoms with van der Waals surface area (Å²) in [4.78, 5) is 15.2. The van der Waals surface area contributed by atoms with Crippen LogP contribution < -0.4 is 15.4 Å². The number of halogens is 4. The Labute approximate surface area is 132 Å². The Hall–Kier alpha value is -1.54. The zero-order chi connectivity index (χ0) is 15.3. The van der Waals surface area contributed by atoms with Crippen molar-refractivity contribution < 1.29 is 22.7 Å². The van der Waals surface area contributed by atoms with Crippen LogP contribution in [0.1, 0.15) is 18.4 Å². The standard InChI is InChI=1S/C13H16F3N3O2.ClH/c14-13(15,16)9-3-4-11(19-8-9)21-7-6-18-12(20)10-2-1-5-17-10;/h3-4,8,10,17H,1-2,5-7H2,(H,18,20);1H. The molecule has 0 bridgehead atoms. The van der Waals surface area contributed by atoms with Gasteiger partial charge in [-0.05, 0) is 25.5 Å². The van der Waals surface area contributed by atoms with E-state index in [1.165, 1.54) is 0 Å². The lowest BCUT2D eigenvalue weighted by molar-refractivity contribution is -0.137. The minimum atomic E-state index is -4.41. The van der Waals surface area contributed by atoms with Gasteiger partial charge in [-0.25, -0.2) is 4.98 Å². The molecule has 1 fully saturated rings. The number of carbonyl (C=O) groups excluding carboxylic acids is 1. The van der Waals surface area contributed by atoms with E-state index in [9.17, 15) is 18.0 Å². The smallest absolute Gasteiger partial charge is 0.417 e. The van der Waals surface area contributed by atoms with Crippen LogP contribution in [0.25, 0.3) is 0 Å². The second-order valence-electron chi connectivity index (χ2n) is 4.67. The molecule has 1 aromatic rings. The van der Waals surface area contributed by atoms with Crippen molar-refractivity contribution in [1.82, 2.24) is 15.6 Å². The van der Waals surface area contributed by atoms with Crippen LogP contribution in [-0.4, -0.2) is 36.6 Å². The highest BCUT2D eigenvalue weighted by Crippen LogP contribution is 2.29. The molecule has 1 aromatic heterocycles. The first-order valence-corrected chi connectivity index (χ1v) is 6.64. The molecule has 9 heteroatoms. The predicted molar refractivity (Wildman–Crippen MR) is 76.0 cm³/mol. The molecule has 1 aliphatic heterocycles. The highest BCUT2D eigenvalue weighted by molar-refractivity contribution is 5.85. The topological polar surface area (TPSA) is 63.2 Å². The summed E-state index contributed by atoms with van der Waals surface area (Å²) >= 11 is 0. The van der Waals surface area contributed by atoms with Gasteiger partial charge < -0.3 is 15.4 Å². The van der Waals surface area contributed by atoms with E-state index >= 15 is 0 Å². The third kappa shape index (κ3) is 5.34. The van der Waals surface area contributed by atoms with E-state index in [1.807, 2.05) is 0 Å². The van der Waals surface area contributed by atoms with Crippen molar-refractivity contribution in [2.75, 3.05) is 19.7 Å². The van der Waals surface area contributed by atoms with Gasteiger partial charge in [-0.15, -0.1) is 12.4 Å². The van der Waals surface area contributed by atoms with Crippen molar-refractivity contribution in [2.24, 2.45) is 0 Å².